The third-order valence-electron chi connectivity index (χ3n) is 4.04. The minimum atomic E-state index is 0.0314. The van der Waals surface area contributed by atoms with Gasteiger partial charge in [0.1, 0.15) is 0 Å². The summed E-state index contributed by atoms with van der Waals surface area (Å²) in [6.45, 7) is 5.13. The van der Waals surface area contributed by atoms with Crippen molar-refractivity contribution in [1.29, 1.82) is 0 Å². The molecule has 0 radical (unpaired) electrons. The Balaban J connectivity index is 1.96. The minimum absolute atomic E-state index is 0.0314. The van der Waals surface area contributed by atoms with E-state index in [9.17, 15) is 4.79 Å². The molecule has 1 amide bonds. The minimum Gasteiger partial charge on any atom is -0.387 e. The highest BCUT2D eigenvalue weighted by Gasteiger charge is 2.22. The standard InChI is InChI=1S/C16H24N2O/c1-11-4-6-13(8-11)10-18-16(19)14-7-5-12(2)9-15(14)17-3/h5,7,9,11,13,17H,4,6,8,10H2,1-3H3,(H,18,19). The van der Waals surface area contributed by atoms with E-state index in [0.717, 1.165) is 29.3 Å². The number of anilines is 1. The lowest BCUT2D eigenvalue weighted by atomic mass is 10.1. The predicted octanol–water partition coefficient (Wildman–Crippen LogP) is 3.20. The van der Waals surface area contributed by atoms with E-state index in [4.69, 9.17) is 0 Å². The fraction of sp³-hybridized carbons (Fsp3) is 0.562. The van der Waals surface area contributed by atoms with Gasteiger partial charge in [0.2, 0.25) is 0 Å². The van der Waals surface area contributed by atoms with E-state index in [0.29, 0.717) is 5.92 Å². The predicted molar refractivity (Wildman–Crippen MR) is 79.6 cm³/mol. The van der Waals surface area contributed by atoms with Crippen LogP contribution in [0.2, 0.25) is 0 Å². The average Bonchev–Trinajstić information content (AvgIpc) is 2.81. The summed E-state index contributed by atoms with van der Waals surface area (Å²) in [4.78, 5) is 12.2. The van der Waals surface area contributed by atoms with Crippen molar-refractivity contribution in [3.8, 4) is 0 Å². The fourth-order valence-corrected chi connectivity index (χ4v) is 2.91. The first kappa shape index (κ1) is 13.9. The summed E-state index contributed by atoms with van der Waals surface area (Å²) in [5.74, 6) is 1.50. The summed E-state index contributed by atoms with van der Waals surface area (Å²) in [6.07, 6.45) is 3.79. The fourth-order valence-electron chi connectivity index (χ4n) is 2.91. The Morgan fingerprint density at radius 3 is 2.79 bits per heavy atom. The summed E-state index contributed by atoms with van der Waals surface area (Å²) < 4.78 is 0. The SMILES string of the molecule is CNc1cc(C)ccc1C(=O)NCC1CCC(C)C1. The molecule has 3 heteroatoms. The second kappa shape index (κ2) is 6.09. The van der Waals surface area contributed by atoms with Gasteiger partial charge < -0.3 is 10.6 Å². The van der Waals surface area contributed by atoms with Crippen molar-refractivity contribution in [3.05, 3.63) is 29.3 Å². The molecular formula is C16H24N2O. The lowest BCUT2D eigenvalue weighted by Gasteiger charge is -2.13. The van der Waals surface area contributed by atoms with Gasteiger partial charge in [-0.3, -0.25) is 4.79 Å². The van der Waals surface area contributed by atoms with Crippen molar-refractivity contribution < 1.29 is 4.79 Å². The van der Waals surface area contributed by atoms with Crippen LogP contribution in [0.3, 0.4) is 0 Å². The number of nitrogens with one attached hydrogen (secondary N) is 2. The summed E-state index contributed by atoms with van der Waals surface area (Å²) >= 11 is 0. The first-order valence-electron chi connectivity index (χ1n) is 7.16. The van der Waals surface area contributed by atoms with Crippen molar-refractivity contribution in [2.24, 2.45) is 11.8 Å². The Bertz CT molecular complexity index is 456. The normalized spacial score (nSPS) is 22.3. The van der Waals surface area contributed by atoms with Crippen LogP contribution >= 0.6 is 0 Å². The Morgan fingerprint density at radius 2 is 2.16 bits per heavy atom. The number of benzene rings is 1. The van der Waals surface area contributed by atoms with Gasteiger partial charge in [-0.2, -0.15) is 0 Å². The second-order valence-electron chi connectivity index (χ2n) is 5.79. The number of amides is 1. The molecule has 0 heterocycles. The molecule has 19 heavy (non-hydrogen) atoms. The molecule has 1 fully saturated rings. The van der Waals surface area contributed by atoms with Gasteiger partial charge in [-0.1, -0.05) is 19.4 Å². The number of carbonyl (C=O) groups excluding carboxylic acids is 1. The van der Waals surface area contributed by atoms with E-state index in [1.54, 1.807) is 0 Å². The third-order valence-corrected chi connectivity index (χ3v) is 4.04. The largest absolute Gasteiger partial charge is 0.387 e. The monoisotopic (exact) mass is 260 g/mol. The van der Waals surface area contributed by atoms with Crippen LogP contribution in [0, 0.1) is 18.8 Å². The van der Waals surface area contributed by atoms with Gasteiger partial charge in [0.25, 0.3) is 5.91 Å². The lowest BCUT2D eigenvalue weighted by molar-refractivity contribution is 0.0948. The van der Waals surface area contributed by atoms with Crippen molar-refractivity contribution in [2.45, 2.75) is 33.1 Å². The zero-order valence-electron chi connectivity index (χ0n) is 12.1. The van der Waals surface area contributed by atoms with Crippen LogP contribution in [-0.2, 0) is 0 Å². The highest BCUT2D eigenvalue weighted by atomic mass is 16.1. The van der Waals surface area contributed by atoms with Gasteiger partial charge >= 0.3 is 0 Å². The summed E-state index contributed by atoms with van der Waals surface area (Å²) in [6, 6.07) is 5.88. The average molecular weight is 260 g/mol. The molecule has 1 saturated carbocycles. The zero-order valence-corrected chi connectivity index (χ0v) is 12.1. The van der Waals surface area contributed by atoms with Crippen molar-refractivity contribution >= 4 is 11.6 Å². The van der Waals surface area contributed by atoms with Crippen LogP contribution in [0.5, 0.6) is 0 Å². The summed E-state index contributed by atoms with van der Waals surface area (Å²) in [5, 5.41) is 6.17. The molecule has 1 aliphatic carbocycles. The van der Waals surface area contributed by atoms with E-state index in [2.05, 4.69) is 17.6 Å². The molecule has 2 unspecified atom stereocenters. The van der Waals surface area contributed by atoms with Gasteiger partial charge in [-0.05, 0) is 49.3 Å². The van der Waals surface area contributed by atoms with Crippen LogP contribution in [-0.4, -0.2) is 19.5 Å². The Labute approximate surface area is 115 Å². The molecule has 3 nitrogen and oxygen atoms in total. The van der Waals surface area contributed by atoms with Gasteiger partial charge in [0, 0.05) is 19.3 Å². The van der Waals surface area contributed by atoms with Gasteiger partial charge in [0.05, 0.1) is 5.56 Å². The Kier molecular flexibility index (Phi) is 4.46. The quantitative estimate of drug-likeness (QED) is 0.873. The maximum Gasteiger partial charge on any atom is 0.253 e. The summed E-state index contributed by atoms with van der Waals surface area (Å²) in [5.41, 5.74) is 2.79. The molecule has 1 aromatic rings. The van der Waals surface area contributed by atoms with Crippen LogP contribution in [0.25, 0.3) is 0 Å². The van der Waals surface area contributed by atoms with E-state index < -0.39 is 0 Å². The van der Waals surface area contributed by atoms with Gasteiger partial charge in [-0.15, -0.1) is 0 Å². The maximum absolute atomic E-state index is 12.2. The molecule has 0 aromatic heterocycles. The molecule has 2 rings (SSSR count). The van der Waals surface area contributed by atoms with Crippen LogP contribution in [0.4, 0.5) is 5.69 Å². The number of hydrogen-bond donors (Lipinski definition) is 2. The second-order valence-corrected chi connectivity index (χ2v) is 5.79. The number of rotatable bonds is 4. The molecule has 1 aromatic carbocycles. The Hall–Kier alpha value is -1.51. The van der Waals surface area contributed by atoms with Crippen LogP contribution < -0.4 is 10.6 Å². The molecule has 0 saturated heterocycles. The van der Waals surface area contributed by atoms with E-state index >= 15 is 0 Å². The molecule has 2 N–H and O–H groups in total. The zero-order chi connectivity index (χ0) is 13.8. The molecule has 0 bridgehead atoms. The van der Waals surface area contributed by atoms with E-state index in [1.165, 1.54) is 19.3 Å². The molecule has 2 atom stereocenters. The third kappa shape index (κ3) is 3.49. The molecule has 104 valence electrons. The first-order chi connectivity index (χ1) is 9.10. The smallest absolute Gasteiger partial charge is 0.253 e. The van der Waals surface area contributed by atoms with Crippen molar-refractivity contribution in [2.75, 3.05) is 18.9 Å². The Morgan fingerprint density at radius 1 is 1.37 bits per heavy atom. The molecular weight excluding hydrogens is 236 g/mol. The van der Waals surface area contributed by atoms with Crippen molar-refractivity contribution in [1.82, 2.24) is 5.32 Å². The van der Waals surface area contributed by atoms with Gasteiger partial charge in [-0.25, -0.2) is 0 Å². The highest BCUT2D eigenvalue weighted by Crippen LogP contribution is 2.29. The first-order valence-corrected chi connectivity index (χ1v) is 7.16. The maximum atomic E-state index is 12.2. The molecule has 1 aliphatic rings. The van der Waals surface area contributed by atoms with Gasteiger partial charge in [0.15, 0.2) is 0 Å². The lowest BCUT2D eigenvalue weighted by Crippen LogP contribution is -2.29. The summed E-state index contributed by atoms with van der Waals surface area (Å²) in [7, 11) is 1.85. The number of hydrogen-bond acceptors (Lipinski definition) is 2. The van der Waals surface area contributed by atoms with Crippen LogP contribution in [0.1, 0.15) is 42.1 Å². The number of carbonyl (C=O) groups is 1. The van der Waals surface area contributed by atoms with Crippen molar-refractivity contribution in [3.63, 3.8) is 0 Å². The van der Waals surface area contributed by atoms with Crippen LogP contribution in [0.15, 0.2) is 18.2 Å². The van der Waals surface area contributed by atoms with E-state index in [1.807, 2.05) is 32.2 Å². The number of aryl methyl sites for hydroxylation is 1. The van der Waals surface area contributed by atoms with E-state index in [-0.39, 0.29) is 5.91 Å². The molecule has 0 aliphatic heterocycles. The molecule has 0 spiro atoms. The topological polar surface area (TPSA) is 41.1 Å². The highest BCUT2D eigenvalue weighted by molar-refractivity contribution is 5.99.